The predicted molar refractivity (Wildman–Crippen MR) is 82.3 cm³/mol. The van der Waals surface area contributed by atoms with Gasteiger partial charge in [-0.15, -0.1) is 9.81 Å². The Hall–Kier alpha value is -3.62. The smallest absolute Gasteiger partial charge is 0.344 e. The Kier molecular flexibility index (Phi) is 2.59. The van der Waals surface area contributed by atoms with Crippen LogP contribution in [-0.4, -0.2) is 16.0 Å². The van der Waals surface area contributed by atoms with E-state index in [0.29, 0.717) is 0 Å². The third-order valence-electron chi connectivity index (χ3n) is 4.10. The van der Waals surface area contributed by atoms with E-state index in [0.717, 1.165) is 12.1 Å². The Balaban J connectivity index is 2.44. The first-order valence-electron chi connectivity index (χ1n) is 6.69. The van der Waals surface area contributed by atoms with Crippen molar-refractivity contribution in [2.45, 2.75) is 6.42 Å². The number of nitroso groups, excluding NO2 is 2. The lowest BCUT2D eigenvalue weighted by molar-refractivity contribution is 0.0993. The van der Waals surface area contributed by atoms with Gasteiger partial charge in [0.2, 0.25) is 0 Å². The Morgan fingerprint density at radius 1 is 0.958 bits per heavy atom. The van der Waals surface area contributed by atoms with E-state index < -0.39 is 28.6 Å². The van der Waals surface area contributed by atoms with Crippen LogP contribution in [0.3, 0.4) is 0 Å². The molecule has 0 unspecified atom stereocenters. The average molecular weight is 326 g/mol. The van der Waals surface area contributed by atoms with Gasteiger partial charge < -0.3 is 14.6 Å². The molecule has 0 saturated heterocycles. The van der Waals surface area contributed by atoms with Crippen LogP contribution in [0.5, 0.6) is 11.5 Å². The molecule has 1 aromatic heterocycles. The van der Waals surface area contributed by atoms with Gasteiger partial charge in [-0.25, -0.2) is 4.79 Å². The van der Waals surface area contributed by atoms with E-state index in [1.165, 1.54) is 0 Å². The predicted octanol–water partition coefficient (Wildman–Crippen LogP) is 2.89. The molecule has 0 spiro atoms. The van der Waals surface area contributed by atoms with Crippen molar-refractivity contribution in [1.29, 1.82) is 0 Å². The summed E-state index contributed by atoms with van der Waals surface area (Å²) >= 11 is 0. The fourth-order valence-electron chi connectivity index (χ4n) is 3.13. The number of hydrogen-bond donors (Lipinski definition) is 2. The summed E-state index contributed by atoms with van der Waals surface area (Å²) in [6.45, 7) is 0. The van der Waals surface area contributed by atoms with Crippen LogP contribution in [0.2, 0.25) is 0 Å². The highest BCUT2D eigenvalue weighted by Crippen LogP contribution is 2.47. The number of hydrogen-bond acceptors (Lipinski definition) is 9. The molecule has 4 rings (SSSR count). The van der Waals surface area contributed by atoms with Crippen LogP contribution in [0, 0.1) is 9.81 Å². The maximum atomic E-state index is 12.4. The largest absolute Gasteiger partial charge is 0.506 e. The van der Waals surface area contributed by atoms with Crippen LogP contribution >= 0.6 is 0 Å². The quantitative estimate of drug-likeness (QED) is 0.418. The normalized spacial score (nSPS) is 12.9. The number of Topliss-reactive ketones (excluding diaryl/α,β-unsaturated/α-hetero) is 1. The van der Waals surface area contributed by atoms with E-state index in [4.69, 9.17) is 4.42 Å². The number of carbonyl (C=O) groups is 1. The minimum Gasteiger partial charge on any atom is -0.506 e. The van der Waals surface area contributed by atoms with Crippen molar-refractivity contribution < 1.29 is 19.4 Å². The molecule has 3 aromatic rings. The number of carbonyl (C=O) groups excluding carboxylic acids is 1. The Bertz CT molecular complexity index is 1180. The zero-order valence-electron chi connectivity index (χ0n) is 11.7. The minimum absolute atomic E-state index is 0.0266. The first-order chi connectivity index (χ1) is 11.5. The van der Waals surface area contributed by atoms with E-state index in [-0.39, 0.29) is 45.0 Å². The van der Waals surface area contributed by atoms with Gasteiger partial charge in [0.05, 0.1) is 5.39 Å². The number of nitrogens with zero attached hydrogens (tertiary/aromatic N) is 2. The lowest BCUT2D eigenvalue weighted by Crippen LogP contribution is -2.13. The standard InChI is InChI=1S/C15H6N2O7/c18-7-2-5-10-6(3-8(19)12(5)16-22)15(21)24-14-11(10)4(7)1-9(20)13(14)17-23/h1,3,19-20H,2H2. The summed E-state index contributed by atoms with van der Waals surface area (Å²) in [7, 11) is 0. The first kappa shape index (κ1) is 14.0. The second kappa shape index (κ2) is 4.44. The summed E-state index contributed by atoms with van der Waals surface area (Å²) < 4.78 is 5.04. The molecule has 2 aromatic carbocycles. The summed E-state index contributed by atoms with van der Waals surface area (Å²) in [5, 5.41) is 25.3. The fourth-order valence-corrected chi connectivity index (χ4v) is 3.13. The molecule has 1 heterocycles. The summed E-state index contributed by atoms with van der Waals surface area (Å²) in [5.41, 5.74) is -2.06. The van der Waals surface area contributed by atoms with E-state index >= 15 is 0 Å². The fraction of sp³-hybridized carbons (Fsp3) is 0.0667. The van der Waals surface area contributed by atoms with Crippen LogP contribution in [0.4, 0.5) is 11.4 Å². The molecule has 9 heteroatoms. The lowest BCUT2D eigenvalue weighted by Gasteiger charge is -2.18. The highest BCUT2D eigenvalue weighted by Gasteiger charge is 2.31. The monoisotopic (exact) mass is 326 g/mol. The van der Waals surface area contributed by atoms with Gasteiger partial charge in [0.25, 0.3) is 0 Å². The van der Waals surface area contributed by atoms with Gasteiger partial charge in [-0.1, -0.05) is 0 Å². The third-order valence-corrected chi connectivity index (χ3v) is 4.10. The van der Waals surface area contributed by atoms with Crippen molar-refractivity contribution in [3.05, 3.63) is 43.5 Å². The van der Waals surface area contributed by atoms with Gasteiger partial charge in [0.1, 0.15) is 11.5 Å². The second-order valence-corrected chi connectivity index (χ2v) is 5.31. The van der Waals surface area contributed by atoms with E-state index in [9.17, 15) is 29.6 Å². The zero-order chi connectivity index (χ0) is 17.2. The van der Waals surface area contributed by atoms with Crippen molar-refractivity contribution in [2.24, 2.45) is 10.4 Å². The van der Waals surface area contributed by atoms with Crippen LogP contribution < -0.4 is 5.63 Å². The number of benzene rings is 2. The van der Waals surface area contributed by atoms with Crippen molar-refractivity contribution in [2.75, 3.05) is 0 Å². The third kappa shape index (κ3) is 1.52. The summed E-state index contributed by atoms with van der Waals surface area (Å²) in [4.78, 5) is 46.6. The molecule has 0 radical (unpaired) electrons. The highest BCUT2D eigenvalue weighted by molar-refractivity contribution is 6.25. The van der Waals surface area contributed by atoms with Crippen molar-refractivity contribution >= 4 is 38.9 Å². The number of phenols is 2. The molecule has 2 N–H and O–H groups in total. The average Bonchev–Trinajstić information content (AvgIpc) is 2.54. The van der Waals surface area contributed by atoms with Crippen molar-refractivity contribution in [3.63, 3.8) is 0 Å². The van der Waals surface area contributed by atoms with Gasteiger partial charge in [-0.3, -0.25) is 4.79 Å². The Labute approximate surface area is 131 Å². The second-order valence-electron chi connectivity index (χ2n) is 5.31. The maximum Gasteiger partial charge on any atom is 0.344 e. The highest BCUT2D eigenvalue weighted by atomic mass is 16.4. The van der Waals surface area contributed by atoms with Crippen LogP contribution in [0.15, 0.2) is 31.7 Å². The SMILES string of the molecule is O=Nc1c(O)cc2c(=O)oc3c(N=O)c(O)cc4c3c2c1CC4=O. The topological polar surface area (TPSA) is 147 Å². The van der Waals surface area contributed by atoms with Crippen molar-refractivity contribution in [1.82, 2.24) is 0 Å². The van der Waals surface area contributed by atoms with Gasteiger partial charge >= 0.3 is 5.63 Å². The Morgan fingerprint density at radius 3 is 2.29 bits per heavy atom. The van der Waals surface area contributed by atoms with Crippen LogP contribution in [0.1, 0.15) is 15.9 Å². The van der Waals surface area contributed by atoms with Gasteiger partial charge in [-0.2, -0.15) is 0 Å². The number of rotatable bonds is 2. The molecule has 0 aliphatic heterocycles. The van der Waals surface area contributed by atoms with E-state index in [2.05, 4.69) is 10.4 Å². The molecule has 9 nitrogen and oxygen atoms in total. The lowest BCUT2D eigenvalue weighted by atomic mass is 9.86. The van der Waals surface area contributed by atoms with Gasteiger partial charge in [-0.05, 0) is 22.5 Å². The van der Waals surface area contributed by atoms with Crippen LogP contribution in [-0.2, 0) is 6.42 Å². The molecule has 0 amide bonds. The molecule has 0 bridgehead atoms. The number of phenolic OH excluding ortho intramolecular Hbond substituents is 2. The summed E-state index contributed by atoms with van der Waals surface area (Å²) in [5.74, 6) is -1.65. The van der Waals surface area contributed by atoms with Gasteiger partial charge in [0.15, 0.2) is 22.7 Å². The molecule has 1 aliphatic rings. The molecule has 118 valence electrons. The van der Waals surface area contributed by atoms with Crippen molar-refractivity contribution in [3.8, 4) is 11.5 Å². The van der Waals surface area contributed by atoms with E-state index in [1.54, 1.807) is 0 Å². The van der Waals surface area contributed by atoms with Crippen LogP contribution in [0.25, 0.3) is 21.7 Å². The summed E-state index contributed by atoms with van der Waals surface area (Å²) in [6, 6.07) is 2.08. The first-order valence-corrected chi connectivity index (χ1v) is 6.69. The molecule has 1 aliphatic carbocycles. The molecular formula is C15H6N2O7. The molecule has 0 saturated carbocycles. The molecule has 24 heavy (non-hydrogen) atoms. The zero-order valence-corrected chi connectivity index (χ0v) is 11.7. The molecule has 0 fully saturated rings. The minimum atomic E-state index is -0.915. The summed E-state index contributed by atoms with van der Waals surface area (Å²) in [6.07, 6.45) is -0.301. The number of ketones is 1. The number of aromatic hydroxyl groups is 2. The van der Waals surface area contributed by atoms with E-state index in [1.807, 2.05) is 0 Å². The molecular weight excluding hydrogens is 320 g/mol. The molecule has 0 atom stereocenters. The maximum absolute atomic E-state index is 12.4. The Morgan fingerprint density at radius 2 is 1.62 bits per heavy atom. The van der Waals surface area contributed by atoms with Gasteiger partial charge in [0, 0.05) is 28.3 Å².